The summed E-state index contributed by atoms with van der Waals surface area (Å²) in [4.78, 5) is 12.2. The minimum absolute atomic E-state index is 0.459. The van der Waals surface area contributed by atoms with Crippen molar-refractivity contribution in [1.82, 2.24) is 0 Å². The summed E-state index contributed by atoms with van der Waals surface area (Å²) in [6, 6.07) is 12.2. The minimum atomic E-state index is -0.785. The van der Waals surface area contributed by atoms with Gasteiger partial charge in [-0.15, -0.1) is 11.8 Å². The summed E-state index contributed by atoms with van der Waals surface area (Å²) in [6.45, 7) is 3.84. The Morgan fingerprint density at radius 1 is 1.22 bits per heavy atom. The summed E-state index contributed by atoms with van der Waals surface area (Å²) in [5, 5.41) is 11.3. The average molecular weight is 260 g/mol. The molecule has 1 atom stereocenters. The maximum atomic E-state index is 11.0. The molecule has 0 heterocycles. The van der Waals surface area contributed by atoms with Crippen LogP contribution in [0, 0.1) is 0 Å². The zero-order valence-corrected chi connectivity index (χ0v) is 11.3. The maximum absolute atomic E-state index is 11.0. The number of aliphatic carboxylic acids is 1. The van der Waals surface area contributed by atoms with Crippen LogP contribution in [0.25, 0.3) is 10.8 Å². The van der Waals surface area contributed by atoms with Crippen molar-refractivity contribution in [3.8, 4) is 0 Å². The molecule has 2 rings (SSSR count). The van der Waals surface area contributed by atoms with Gasteiger partial charge in [0.2, 0.25) is 0 Å². The lowest BCUT2D eigenvalue weighted by Crippen LogP contribution is -2.06. The van der Waals surface area contributed by atoms with Crippen LogP contribution in [0.2, 0.25) is 0 Å². The smallest absolute Gasteiger partial charge is 0.310 e. The SMILES string of the molecule is CCSc1ccc2cc(C(C)C(=O)O)ccc2c1. The molecule has 0 saturated heterocycles. The quantitative estimate of drug-likeness (QED) is 0.839. The van der Waals surface area contributed by atoms with Crippen molar-refractivity contribution in [2.24, 2.45) is 0 Å². The molecule has 0 aromatic heterocycles. The van der Waals surface area contributed by atoms with Gasteiger partial charge in [-0.3, -0.25) is 4.79 Å². The van der Waals surface area contributed by atoms with Crippen LogP contribution < -0.4 is 0 Å². The normalized spacial score (nSPS) is 12.6. The maximum Gasteiger partial charge on any atom is 0.310 e. The van der Waals surface area contributed by atoms with Gasteiger partial charge in [-0.05, 0) is 41.1 Å². The van der Waals surface area contributed by atoms with E-state index >= 15 is 0 Å². The highest BCUT2D eigenvalue weighted by Crippen LogP contribution is 2.26. The predicted octanol–water partition coefficient (Wildman–Crippen LogP) is 4.14. The van der Waals surface area contributed by atoms with Crippen LogP contribution in [0.1, 0.15) is 25.3 Å². The molecule has 2 aromatic carbocycles. The average Bonchev–Trinajstić information content (AvgIpc) is 2.37. The van der Waals surface area contributed by atoms with Crippen LogP contribution in [0.4, 0.5) is 0 Å². The minimum Gasteiger partial charge on any atom is -0.481 e. The topological polar surface area (TPSA) is 37.3 Å². The van der Waals surface area contributed by atoms with Crippen LogP contribution in [-0.4, -0.2) is 16.8 Å². The number of rotatable bonds is 4. The fraction of sp³-hybridized carbons (Fsp3) is 0.267. The number of fused-ring (bicyclic) bond motifs is 1. The van der Waals surface area contributed by atoms with E-state index < -0.39 is 11.9 Å². The molecule has 0 saturated carbocycles. The molecule has 2 nitrogen and oxygen atoms in total. The first-order valence-electron chi connectivity index (χ1n) is 6.01. The van der Waals surface area contributed by atoms with Crippen molar-refractivity contribution < 1.29 is 9.90 Å². The Hall–Kier alpha value is -1.48. The first kappa shape index (κ1) is 13.0. The lowest BCUT2D eigenvalue weighted by atomic mass is 9.98. The molecule has 0 aliphatic carbocycles. The standard InChI is InChI=1S/C15H16O2S/c1-3-18-14-7-6-12-8-11(10(2)15(16)17)4-5-13(12)9-14/h4-10H,3H2,1-2H3,(H,16,17). The number of carboxylic acid groups (broad SMARTS) is 1. The molecule has 94 valence electrons. The van der Waals surface area contributed by atoms with Crippen molar-refractivity contribution in [2.75, 3.05) is 5.75 Å². The highest BCUT2D eigenvalue weighted by molar-refractivity contribution is 7.99. The number of carbonyl (C=O) groups is 1. The number of hydrogen-bond donors (Lipinski definition) is 1. The monoisotopic (exact) mass is 260 g/mol. The molecule has 2 aromatic rings. The first-order valence-corrected chi connectivity index (χ1v) is 6.99. The molecular formula is C15H16O2S. The molecule has 0 aliphatic heterocycles. The van der Waals surface area contributed by atoms with Crippen LogP contribution in [0.5, 0.6) is 0 Å². The molecular weight excluding hydrogens is 244 g/mol. The van der Waals surface area contributed by atoms with Gasteiger partial charge in [0.25, 0.3) is 0 Å². The van der Waals surface area contributed by atoms with E-state index in [0.29, 0.717) is 0 Å². The summed E-state index contributed by atoms with van der Waals surface area (Å²) in [6.07, 6.45) is 0. The fourth-order valence-corrected chi connectivity index (χ4v) is 2.62. The number of benzene rings is 2. The van der Waals surface area contributed by atoms with E-state index in [2.05, 4.69) is 25.1 Å². The Balaban J connectivity index is 2.41. The molecule has 0 spiro atoms. The van der Waals surface area contributed by atoms with E-state index in [0.717, 1.165) is 22.1 Å². The molecule has 0 bridgehead atoms. The molecule has 0 aliphatic rings. The summed E-state index contributed by atoms with van der Waals surface area (Å²) in [5.74, 6) is -0.189. The predicted molar refractivity (Wildman–Crippen MR) is 76.4 cm³/mol. The lowest BCUT2D eigenvalue weighted by molar-refractivity contribution is -0.138. The second-order valence-corrected chi connectivity index (χ2v) is 5.60. The van der Waals surface area contributed by atoms with E-state index in [4.69, 9.17) is 5.11 Å². The van der Waals surface area contributed by atoms with Crippen molar-refractivity contribution >= 4 is 28.5 Å². The van der Waals surface area contributed by atoms with E-state index in [1.54, 1.807) is 6.92 Å². The van der Waals surface area contributed by atoms with Gasteiger partial charge in [-0.2, -0.15) is 0 Å². The van der Waals surface area contributed by atoms with Gasteiger partial charge in [0.1, 0.15) is 0 Å². The van der Waals surface area contributed by atoms with Crippen molar-refractivity contribution in [3.63, 3.8) is 0 Å². The number of thioether (sulfide) groups is 1. The van der Waals surface area contributed by atoms with Crippen LogP contribution in [0.3, 0.4) is 0 Å². The Morgan fingerprint density at radius 3 is 2.56 bits per heavy atom. The fourth-order valence-electron chi connectivity index (χ4n) is 1.91. The van der Waals surface area contributed by atoms with Gasteiger partial charge in [0.15, 0.2) is 0 Å². The molecule has 18 heavy (non-hydrogen) atoms. The molecule has 0 amide bonds. The molecule has 3 heteroatoms. The van der Waals surface area contributed by atoms with Crippen LogP contribution in [-0.2, 0) is 4.79 Å². The Morgan fingerprint density at radius 2 is 1.89 bits per heavy atom. The second kappa shape index (κ2) is 5.44. The zero-order chi connectivity index (χ0) is 13.1. The first-order chi connectivity index (χ1) is 8.61. The Labute approximate surface area is 111 Å². The molecule has 1 unspecified atom stereocenters. The van der Waals surface area contributed by atoms with Gasteiger partial charge < -0.3 is 5.11 Å². The Bertz CT molecular complexity index is 578. The van der Waals surface area contributed by atoms with Crippen molar-refractivity contribution in [2.45, 2.75) is 24.7 Å². The van der Waals surface area contributed by atoms with Gasteiger partial charge >= 0.3 is 5.97 Å². The summed E-state index contributed by atoms with van der Waals surface area (Å²) in [7, 11) is 0. The lowest BCUT2D eigenvalue weighted by Gasteiger charge is -2.08. The van der Waals surface area contributed by atoms with Gasteiger partial charge in [0, 0.05) is 4.90 Å². The highest BCUT2D eigenvalue weighted by Gasteiger charge is 2.13. The molecule has 0 radical (unpaired) electrons. The van der Waals surface area contributed by atoms with Crippen LogP contribution in [0.15, 0.2) is 41.3 Å². The van der Waals surface area contributed by atoms with E-state index in [1.807, 2.05) is 30.0 Å². The third kappa shape index (κ3) is 2.67. The van der Waals surface area contributed by atoms with Crippen molar-refractivity contribution in [1.29, 1.82) is 0 Å². The highest BCUT2D eigenvalue weighted by atomic mass is 32.2. The number of hydrogen-bond acceptors (Lipinski definition) is 2. The van der Waals surface area contributed by atoms with Crippen molar-refractivity contribution in [3.05, 3.63) is 42.0 Å². The van der Waals surface area contributed by atoms with E-state index in [-0.39, 0.29) is 0 Å². The third-order valence-electron chi connectivity index (χ3n) is 3.02. The summed E-state index contributed by atoms with van der Waals surface area (Å²) < 4.78 is 0. The third-order valence-corrected chi connectivity index (χ3v) is 3.89. The molecule has 0 fully saturated rings. The second-order valence-electron chi connectivity index (χ2n) is 4.26. The van der Waals surface area contributed by atoms with Gasteiger partial charge in [-0.25, -0.2) is 0 Å². The Kier molecular flexibility index (Phi) is 3.92. The zero-order valence-electron chi connectivity index (χ0n) is 10.5. The van der Waals surface area contributed by atoms with E-state index in [1.165, 1.54) is 4.90 Å². The summed E-state index contributed by atoms with van der Waals surface area (Å²) >= 11 is 1.81. The van der Waals surface area contributed by atoms with Gasteiger partial charge in [-0.1, -0.05) is 31.2 Å². The van der Waals surface area contributed by atoms with Crippen LogP contribution >= 0.6 is 11.8 Å². The summed E-state index contributed by atoms with van der Waals surface area (Å²) in [5.41, 5.74) is 0.853. The number of carboxylic acids is 1. The largest absolute Gasteiger partial charge is 0.481 e. The van der Waals surface area contributed by atoms with E-state index in [9.17, 15) is 4.79 Å². The molecule has 1 N–H and O–H groups in total. The van der Waals surface area contributed by atoms with Gasteiger partial charge in [0.05, 0.1) is 5.92 Å².